The Labute approximate surface area is 197 Å². The van der Waals surface area contributed by atoms with Gasteiger partial charge in [-0.05, 0) is 74.9 Å². The van der Waals surface area contributed by atoms with Gasteiger partial charge in [0.05, 0.1) is 11.6 Å². The van der Waals surface area contributed by atoms with Gasteiger partial charge >= 0.3 is 0 Å². The molecule has 5 heteroatoms. The topological polar surface area (TPSA) is 76.4 Å². The summed E-state index contributed by atoms with van der Waals surface area (Å²) < 4.78 is 0. The zero-order chi connectivity index (χ0) is 24.0. The zero-order valence-electron chi connectivity index (χ0n) is 19.8. The number of carbonyl (C=O) groups excluding carboxylic acids is 1. The number of nitriles is 1. The number of allylic oxidation sites excluding steroid dienone is 1. The van der Waals surface area contributed by atoms with Gasteiger partial charge in [-0.15, -0.1) is 0 Å². The van der Waals surface area contributed by atoms with Crippen LogP contribution < -0.4 is 5.32 Å². The van der Waals surface area contributed by atoms with Crippen LogP contribution in [0.25, 0.3) is 5.70 Å². The number of benzene rings is 2. The van der Waals surface area contributed by atoms with E-state index in [9.17, 15) is 9.90 Å². The maximum Gasteiger partial charge on any atom is 0.253 e. The standard InChI is InChI=1S/C28H33N3O2/c1-19(2)27(30-21(4)13-16-32)26-17-25(8-5-20(26)3)28(33)31-14-11-24(12-15-31)23-9-6-22(18-29)7-10-23/h5-10,17,24,30,32H,4,11-16H2,1-3H3. The van der Waals surface area contributed by atoms with Crippen molar-refractivity contribution in [3.05, 3.63) is 88.1 Å². The van der Waals surface area contributed by atoms with Gasteiger partial charge in [0.2, 0.25) is 0 Å². The first-order valence-electron chi connectivity index (χ1n) is 11.5. The molecule has 3 rings (SSSR count). The molecule has 0 saturated carbocycles. The Morgan fingerprint density at radius 3 is 2.42 bits per heavy atom. The van der Waals surface area contributed by atoms with E-state index in [0.717, 1.165) is 40.9 Å². The molecule has 1 fully saturated rings. The molecule has 2 N–H and O–H groups in total. The van der Waals surface area contributed by atoms with Crippen LogP contribution in [0.5, 0.6) is 0 Å². The molecule has 1 amide bonds. The molecule has 2 aromatic rings. The molecule has 0 bridgehead atoms. The van der Waals surface area contributed by atoms with Crippen molar-refractivity contribution in [1.29, 1.82) is 5.26 Å². The summed E-state index contributed by atoms with van der Waals surface area (Å²) >= 11 is 0. The van der Waals surface area contributed by atoms with Crippen LogP contribution in [0.3, 0.4) is 0 Å². The quantitative estimate of drug-likeness (QED) is 0.622. The van der Waals surface area contributed by atoms with E-state index in [-0.39, 0.29) is 12.5 Å². The maximum atomic E-state index is 13.3. The average Bonchev–Trinajstić information content (AvgIpc) is 2.83. The molecule has 2 aromatic carbocycles. The van der Waals surface area contributed by atoms with E-state index in [2.05, 4.69) is 18.0 Å². The first-order chi connectivity index (χ1) is 15.8. The van der Waals surface area contributed by atoms with Gasteiger partial charge in [-0.3, -0.25) is 4.79 Å². The largest absolute Gasteiger partial charge is 0.396 e. The molecule has 0 aromatic heterocycles. The third kappa shape index (κ3) is 5.91. The normalized spacial score (nSPS) is 13.8. The van der Waals surface area contributed by atoms with Crippen molar-refractivity contribution in [3.63, 3.8) is 0 Å². The minimum absolute atomic E-state index is 0.0395. The summed E-state index contributed by atoms with van der Waals surface area (Å²) in [4.78, 5) is 15.2. The second-order valence-electron chi connectivity index (χ2n) is 8.91. The van der Waals surface area contributed by atoms with Crippen molar-refractivity contribution >= 4 is 11.6 Å². The Bertz CT molecular complexity index is 1080. The minimum Gasteiger partial charge on any atom is -0.396 e. The number of likely N-dealkylation sites (tertiary alicyclic amines) is 1. The van der Waals surface area contributed by atoms with Gasteiger partial charge in [0.15, 0.2) is 0 Å². The Morgan fingerprint density at radius 1 is 1.18 bits per heavy atom. The number of hydrogen-bond donors (Lipinski definition) is 2. The summed E-state index contributed by atoms with van der Waals surface area (Å²) in [7, 11) is 0. The summed E-state index contributed by atoms with van der Waals surface area (Å²) in [5.74, 6) is 0.464. The van der Waals surface area contributed by atoms with Crippen molar-refractivity contribution < 1.29 is 9.90 Å². The van der Waals surface area contributed by atoms with E-state index in [1.54, 1.807) is 0 Å². The summed E-state index contributed by atoms with van der Waals surface area (Å²) in [6.45, 7) is 11.6. The smallest absolute Gasteiger partial charge is 0.253 e. The van der Waals surface area contributed by atoms with Crippen molar-refractivity contribution in [3.8, 4) is 6.07 Å². The maximum absolute atomic E-state index is 13.3. The number of piperidine rings is 1. The summed E-state index contributed by atoms with van der Waals surface area (Å²) in [6, 6.07) is 15.8. The van der Waals surface area contributed by atoms with Gasteiger partial charge in [-0.1, -0.05) is 30.4 Å². The highest BCUT2D eigenvalue weighted by Crippen LogP contribution is 2.30. The fraction of sp³-hybridized carbons (Fsp3) is 0.357. The highest BCUT2D eigenvalue weighted by Gasteiger charge is 2.25. The zero-order valence-corrected chi connectivity index (χ0v) is 19.8. The van der Waals surface area contributed by atoms with Crippen molar-refractivity contribution in [1.82, 2.24) is 10.2 Å². The van der Waals surface area contributed by atoms with Crippen LogP contribution in [0.4, 0.5) is 0 Å². The van der Waals surface area contributed by atoms with Crippen LogP contribution in [0.15, 0.2) is 60.3 Å². The lowest BCUT2D eigenvalue weighted by Gasteiger charge is -2.32. The molecular formula is C28H33N3O2. The molecule has 0 spiro atoms. The fourth-order valence-electron chi connectivity index (χ4n) is 4.29. The second-order valence-corrected chi connectivity index (χ2v) is 8.91. The molecular weight excluding hydrogens is 410 g/mol. The Kier molecular flexibility index (Phi) is 8.08. The molecule has 33 heavy (non-hydrogen) atoms. The lowest BCUT2D eigenvalue weighted by atomic mass is 9.88. The van der Waals surface area contributed by atoms with E-state index in [1.807, 2.05) is 68.1 Å². The molecule has 0 unspecified atom stereocenters. The number of nitrogens with one attached hydrogen (secondary N) is 1. The van der Waals surface area contributed by atoms with Gasteiger partial charge in [-0.2, -0.15) is 5.26 Å². The lowest BCUT2D eigenvalue weighted by molar-refractivity contribution is 0.0713. The molecule has 172 valence electrons. The van der Waals surface area contributed by atoms with E-state index in [1.165, 1.54) is 5.56 Å². The van der Waals surface area contributed by atoms with Crippen molar-refractivity contribution in [2.45, 2.75) is 46.0 Å². The van der Waals surface area contributed by atoms with Gasteiger partial charge < -0.3 is 15.3 Å². The summed E-state index contributed by atoms with van der Waals surface area (Å²) in [5.41, 5.74) is 7.41. The number of rotatable bonds is 7. The summed E-state index contributed by atoms with van der Waals surface area (Å²) in [5, 5.41) is 21.5. The SMILES string of the molecule is C=C(CCO)NC(=C(C)C)c1cc(C(=O)N2CCC(c3ccc(C#N)cc3)CC2)ccc1C. The van der Waals surface area contributed by atoms with Gasteiger partial charge in [0, 0.05) is 48.6 Å². The van der Waals surface area contributed by atoms with E-state index in [4.69, 9.17) is 5.26 Å². The number of hydrogen-bond acceptors (Lipinski definition) is 4. The van der Waals surface area contributed by atoms with Crippen molar-refractivity contribution in [2.75, 3.05) is 19.7 Å². The number of aryl methyl sites for hydroxylation is 1. The van der Waals surface area contributed by atoms with Gasteiger partial charge in [-0.25, -0.2) is 0 Å². The number of nitrogens with zero attached hydrogens (tertiary/aromatic N) is 2. The predicted molar refractivity (Wildman–Crippen MR) is 132 cm³/mol. The number of aliphatic hydroxyl groups excluding tert-OH is 1. The van der Waals surface area contributed by atoms with Crippen LogP contribution in [-0.4, -0.2) is 35.6 Å². The molecule has 1 aliphatic heterocycles. The number of carbonyl (C=O) groups is 1. The van der Waals surface area contributed by atoms with Gasteiger partial charge in [0.25, 0.3) is 5.91 Å². The third-order valence-electron chi connectivity index (χ3n) is 6.26. The van der Waals surface area contributed by atoms with Gasteiger partial charge in [0.1, 0.15) is 0 Å². The molecule has 0 radical (unpaired) electrons. The minimum atomic E-state index is 0.0395. The molecule has 1 saturated heterocycles. The van der Waals surface area contributed by atoms with Crippen LogP contribution in [0.2, 0.25) is 0 Å². The van der Waals surface area contributed by atoms with Crippen molar-refractivity contribution in [2.24, 2.45) is 0 Å². The second kappa shape index (κ2) is 11.0. The molecule has 1 aliphatic rings. The van der Waals surface area contributed by atoms with Crippen LogP contribution in [0, 0.1) is 18.3 Å². The Hall–Kier alpha value is -3.36. The monoisotopic (exact) mass is 443 g/mol. The average molecular weight is 444 g/mol. The highest BCUT2D eigenvalue weighted by molar-refractivity contribution is 5.95. The van der Waals surface area contributed by atoms with E-state index < -0.39 is 0 Å². The number of aliphatic hydroxyl groups is 1. The third-order valence-corrected chi connectivity index (χ3v) is 6.26. The first kappa shape index (κ1) is 24.3. The van der Waals surface area contributed by atoms with Crippen LogP contribution in [0.1, 0.15) is 71.6 Å². The Morgan fingerprint density at radius 2 is 1.85 bits per heavy atom. The van der Waals surface area contributed by atoms with E-state index >= 15 is 0 Å². The van der Waals surface area contributed by atoms with E-state index in [0.29, 0.717) is 36.6 Å². The first-order valence-corrected chi connectivity index (χ1v) is 11.5. The predicted octanol–water partition coefficient (Wildman–Crippen LogP) is 5.12. The van der Waals surface area contributed by atoms with Crippen LogP contribution in [-0.2, 0) is 0 Å². The Balaban J connectivity index is 1.73. The lowest BCUT2D eigenvalue weighted by Crippen LogP contribution is -2.38. The highest BCUT2D eigenvalue weighted by atomic mass is 16.3. The fourth-order valence-corrected chi connectivity index (χ4v) is 4.29. The molecule has 1 heterocycles. The van der Waals surface area contributed by atoms with Crippen LogP contribution >= 0.6 is 0 Å². The summed E-state index contributed by atoms with van der Waals surface area (Å²) in [6.07, 6.45) is 2.30. The molecule has 0 aliphatic carbocycles. The molecule has 0 atom stereocenters. The number of amides is 1. The molecule has 5 nitrogen and oxygen atoms in total.